The summed E-state index contributed by atoms with van der Waals surface area (Å²) in [6, 6.07) is 0. The Balaban J connectivity index is 0.00000441. The molecule has 1 heterocycles. The number of guanidine groups is 1. The van der Waals surface area contributed by atoms with Gasteiger partial charge in [-0.05, 0) is 19.8 Å². The summed E-state index contributed by atoms with van der Waals surface area (Å²) >= 11 is 1.75. The highest BCUT2D eigenvalue weighted by atomic mass is 127. The molecule has 128 valence electrons. The van der Waals surface area contributed by atoms with E-state index in [4.69, 9.17) is 4.74 Å². The third-order valence-corrected chi connectivity index (χ3v) is 3.90. The van der Waals surface area contributed by atoms with Crippen LogP contribution in [0.4, 0.5) is 0 Å². The van der Waals surface area contributed by atoms with E-state index in [2.05, 4.69) is 34.5 Å². The van der Waals surface area contributed by atoms with Crippen molar-refractivity contribution in [1.29, 1.82) is 0 Å². The lowest BCUT2D eigenvalue weighted by Crippen LogP contribution is -2.39. The van der Waals surface area contributed by atoms with Crippen LogP contribution >= 0.6 is 35.3 Å². The third-order valence-electron chi connectivity index (χ3n) is 2.92. The van der Waals surface area contributed by atoms with E-state index in [-0.39, 0.29) is 24.0 Å². The lowest BCUT2D eigenvalue weighted by molar-refractivity contribution is 0.129. The fourth-order valence-electron chi connectivity index (χ4n) is 1.75. The van der Waals surface area contributed by atoms with Crippen LogP contribution in [0, 0.1) is 6.92 Å². The predicted molar refractivity (Wildman–Crippen MR) is 106 cm³/mol. The number of rotatable bonds is 10. The summed E-state index contributed by atoms with van der Waals surface area (Å²) in [4.78, 5) is 9.82. The predicted octanol–water partition coefficient (Wildman–Crippen LogP) is 2.98. The summed E-state index contributed by atoms with van der Waals surface area (Å²) < 4.78 is 5.52. The Labute approximate surface area is 155 Å². The number of hydrogen-bond acceptors (Lipinski definition) is 4. The molecule has 0 aromatic carbocycles. The Morgan fingerprint density at radius 3 is 2.64 bits per heavy atom. The van der Waals surface area contributed by atoms with E-state index in [1.807, 2.05) is 6.20 Å². The Bertz CT molecular complexity index is 412. The van der Waals surface area contributed by atoms with Gasteiger partial charge in [-0.2, -0.15) is 0 Å². The van der Waals surface area contributed by atoms with E-state index < -0.39 is 0 Å². The molecule has 7 heteroatoms. The molecule has 0 aliphatic carbocycles. The first-order chi connectivity index (χ1) is 10.3. The number of aliphatic imine (C=N–C) groups is 1. The van der Waals surface area contributed by atoms with Gasteiger partial charge in [-0.1, -0.05) is 13.3 Å². The van der Waals surface area contributed by atoms with Crippen LogP contribution in [0.5, 0.6) is 0 Å². The number of thiazole rings is 1. The minimum Gasteiger partial charge on any atom is -0.381 e. The minimum absolute atomic E-state index is 0. The molecular weight excluding hydrogens is 411 g/mol. The Hall–Kier alpha value is -0.410. The monoisotopic (exact) mass is 440 g/mol. The lowest BCUT2D eigenvalue weighted by atomic mass is 10.4. The Kier molecular flexibility index (Phi) is 13.9. The van der Waals surface area contributed by atoms with Crippen LogP contribution in [0.15, 0.2) is 11.2 Å². The van der Waals surface area contributed by atoms with Crippen molar-refractivity contribution in [3.63, 3.8) is 0 Å². The van der Waals surface area contributed by atoms with E-state index in [0.717, 1.165) is 51.5 Å². The van der Waals surface area contributed by atoms with E-state index in [1.54, 1.807) is 18.4 Å². The highest BCUT2D eigenvalue weighted by molar-refractivity contribution is 14.0. The van der Waals surface area contributed by atoms with Gasteiger partial charge in [-0.3, -0.25) is 4.99 Å². The van der Waals surface area contributed by atoms with Gasteiger partial charge in [-0.25, -0.2) is 4.98 Å². The molecule has 0 atom stereocenters. The molecule has 1 aromatic heterocycles. The van der Waals surface area contributed by atoms with E-state index in [0.29, 0.717) is 0 Å². The number of hydrogen-bond donors (Lipinski definition) is 2. The Morgan fingerprint density at radius 1 is 1.27 bits per heavy atom. The summed E-state index contributed by atoms with van der Waals surface area (Å²) in [5.74, 6) is 0.844. The summed E-state index contributed by atoms with van der Waals surface area (Å²) in [6.45, 7) is 7.66. The summed E-state index contributed by atoms with van der Waals surface area (Å²) in [5.41, 5.74) is 0. The zero-order valence-corrected chi connectivity index (χ0v) is 17.0. The number of aryl methyl sites for hydroxylation is 1. The van der Waals surface area contributed by atoms with Crippen LogP contribution in [-0.2, 0) is 11.2 Å². The summed E-state index contributed by atoms with van der Waals surface area (Å²) in [5, 5.41) is 7.76. The maximum Gasteiger partial charge on any atom is 0.190 e. The number of nitrogens with one attached hydrogen (secondary N) is 2. The fraction of sp³-hybridized carbons (Fsp3) is 0.733. The number of aromatic nitrogens is 1. The zero-order valence-electron chi connectivity index (χ0n) is 13.9. The first-order valence-electron chi connectivity index (χ1n) is 7.69. The molecule has 22 heavy (non-hydrogen) atoms. The topological polar surface area (TPSA) is 58.5 Å². The average molecular weight is 440 g/mol. The normalized spacial score (nSPS) is 11.1. The van der Waals surface area contributed by atoms with Crippen molar-refractivity contribution in [2.24, 2.45) is 4.99 Å². The highest BCUT2D eigenvalue weighted by Crippen LogP contribution is 2.10. The van der Waals surface area contributed by atoms with Crippen LogP contribution < -0.4 is 10.6 Å². The maximum atomic E-state index is 5.52. The van der Waals surface area contributed by atoms with Gasteiger partial charge in [0.05, 0.1) is 5.01 Å². The third kappa shape index (κ3) is 10.3. The van der Waals surface area contributed by atoms with Gasteiger partial charge in [0, 0.05) is 50.8 Å². The highest BCUT2D eigenvalue weighted by Gasteiger charge is 2.00. The minimum atomic E-state index is 0. The SMILES string of the molecule is CCCCOCCCNC(=NC)NCCc1ncc(C)s1.I. The molecule has 2 N–H and O–H groups in total. The maximum absolute atomic E-state index is 5.52. The molecule has 0 unspecified atom stereocenters. The second-order valence-corrected chi connectivity index (χ2v) is 6.18. The molecule has 0 aliphatic rings. The van der Waals surface area contributed by atoms with Crippen LogP contribution in [0.1, 0.15) is 36.1 Å². The van der Waals surface area contributed by atoms with Gasteiger partial charge in [0.2, 0.25) is 0 Å². The molecule has 5 nitrogen and oxygen atoms in total. The number of halogens is 1. The smallest absolute Gasteiger partial charge is 0.190 e. The van der Waals surface area contributed by atoms with Crippen LogP contribution in [0.25, 0.3) is 0 Å². The fourth-order valence-corrected chi connectivity index (χ4v) is 2.54. The van der Waals surface area contributed by atoms with Crippen molar-refractivity contribution >= 4 is 41.3 Å². The van der Waals surface area contributed by atoms with Crippen molar-refractivity contribution in [3.8, 4) is 0 Å². The zero-order chi connectivity index (χ0) is 15.3. The molecular formula is C15H29IN4OS. The van der Waals surface area contributed by atoms with Gasteiger partial charge < -0.3 is 15.4 Å². The Morgan fingerprint density at radius 2 is 2.00 bits per heavy atom. The number of nitrogens with zero attached hydrogens (tertiary/aromatic N) is 2. The van der Waals surface area contributed by atoms with Crippen molar-refractivity contribution in [2.45, 2.75) is 39.5 Å². The molecule has 0 saturated carbocycles. The first-order valence-corrected chi connectivity index (χ1v) is 8.51. The second-order valence-electron chi connectivity index (χ2n) is 4.86. The van der Waals surface area contributed by atoms with Crippen molar-refractivity contribution in [1.82, 2.24) is 15.6 Å². The second kappa shape index (κ2) is 14.2. The molecule has 0 fully saturated rings. The molecule has 0 bridgehead atoms. The molecule has 1 rings (SSSR count). The number of unbranched alkanes of at least 4 members (excludes halogenated alkanes) is 1. The van der Waals surface area contributed by atoms with Gasteiger partial charge in [0.15, 0.2) is 5.96 Å². The van der Waals surface area contributed by atoms with Crippen LogP contribution in [-0.4, -0.2) is 44.3 Å². The van der Waals surface area contributed by atoms with Gasteiger partial charge in [-0.15, -0.1) is 35.3 Å². The molecule has 1 aromatic rings. The molecule has 0 radical (unpaired) electrons. The van der Waals surface area contributed by atoms with Crippen LogP contribution in [0.3, 0.4) is 0 Å². The van der Waals surface area contributed by atoms with Gasteiger partial charge >= 0.3 is 0 Å². The summed E-state index contributed by atoms with van der Waals surface area (Å²) in [7, 11) is 1.79. The summed E-state index contributed by atoms with van der Waals surface area (Å²) in [6.07, 6.45) is 6.18. The molecule has 0 saturated heterocycles. The lowest BCUT2D eigenvalue weighted by Gasteiger charge is -2.11. The largest absolute Gasteiger partial charge is 0.381 e. The first kappa shape index (κ1) is 21.6. The van der Waals surface area contributed by atoms with E-state index in [9.17, 15) is 0 Å². The van der Waals surface area contributed by atoms with Gasteiger partial charge in [0.1, 0.15) is 0 Å². The van der Waals surface area contributed by atoms with Gasteiger partial charge in [0.25, 0.3) is 0 Å². The van der Waals surface area contributed by atoms with E-state index in [1.165, 1.54) is 16.3 Å². The van der Waals surface area contributed by atoms with E-state index >= 15 is 0 Å². The van der Waals surface area contributed by atoms with Crippen molar-refractivity contribution < 1.29 is 4.74 Å². The molecule has 0 amide bonds. The standard InChI is InChI=1S/C15H28N4OS.HI/c1-4-5-10-20-11-6-8-17-15(16-3)18-9-7-14-19-12-13(2)21-14;/h12H,4-11H2,1-3H3,(H2,16,17,18);1H. The van der Waals surface area contributed by atoms with Crippen molar-refractivity contribution in [2.75, 3.05) is 33.4 Å². The van der Waals surface area contributed by atoms with Crippen molar-refractivity contribution in [3.05, 3.63) is 16.1 Å². The number of ether oxygens (including phenoxy) is 1. The quantitative estimate of drug-likeness (QED) is 0.254. The average Bonchev–Trinajstić information content (AvgIpc) is 2.90. The molecule has 0 aliphatic heterocycles. The molecule has 0 spiro atoms. The van der Waals surface area contributed by atoms with Crippen LogP contribution in [0.2, 0.25) is 0 Å².